The standard InChI is InChI=1S/C8H16O4/c1-3-5-11-8(7(9)10)12-6-4-2/h8H,3-6H2,1-2H3,(H,9,10). The van der Waals surface area contributed by atoms with Crippen molar-refractivity contribution in [3.05, 3.63) is 0 Å². The number of hydrogen-bond donors (Lipinski definition) is 1. The van der Waals surface area contributed by atoms with Gasteiger partial charge in [0.15, 0.2) is 0 Å². The van der Waals surface area contributed by atoms with E-state index < -0.39 is 12.3 Å². The van der Waals surface area contributed by atoms with Gasteiger partial charge >= 0.3 is 5.97 Å². The van der Waals surface area contributed by atoms with E-state index >= 15 is 0 Å². The zero-order chi connectivity index (χ0) is 9.40. The molecule has 72 valence electrons. The number of ether oxygens (including phenoxy) is 2. The van der Waals surface area contributed by atoms with Crippen LogP contribution in [0, 0.1) is 0 Å². The number of aliphatic carboxylic acids is 1. The second-order valence-electron chi connectivity index (χ2n) is 2.41. The fourth-order valence-corrected chi connectivity index (χ4v) is 0.640. The maximum Gasteiger partial charge on any atom is 0.361 e. The molecule has 0 aromatic heterocycles. The first-order valence-electron chi connectivity index (χ1n) is 4.18. The molecule has 0 saturated heterocycles. The molecule has 0 fully saturated rings. The minimum absolute atomic E-state index is 0.417. The molecule has 0 unspecified atom stereocenters. The van der Waals surface area contributed by atoms with Gasteiger partial charge in [0, 0.05) is 0 Å². The summed E-state index contributed by atoms with van der Waals surface area (Å²) in [5.74, 6) is -1.06. The highest BCUT2D eigenvalue weighted by Gasteiger charge is 2.17. The second-order valence-corrected chi connectivity index (χ2v) is 2.41. The van der Waals surface area contributed by atoms with Crippen LogP contribution in [-0.2, 0) is 14.3 Å². The van der Waals surface area contributed by atoms with Crippen LogP contribution in [0.5, 0.6) is 0 Å². The molecule has 1 N–H and O–H groups in total. The lowest BCUT2D eigenvalue weighted by Crippen LogP contribution is -2.27. The van der Waals surface area contributed by atoms with E-state index in [2.05, 4.69) is 0 Å². The second kappa shape index (κ2) is 7.06. The molecule has 0 aliphatic carbocycles. The number of carboxylic acid groups (broad SMARTS) is 1. The lowest BCUT2D eigenvalue weighted by molar-refractivity contribution is -0.189. The van der Waals surface area contributed by atoms with Crippen LogP contribution in [-0.4, -0.2) is 30.6 Å². The Morgan fingerprint density at radius 1 is 1.25 bits per heavy atom. The highest BCUT2D eigenvalue weighted by atomic mass is 16.7. The number of hydrogen-bond acceptors (Lipinski definition) is 3. The van der Waals surface area contributed by atoms with Gasteiger partial charge < -0.3 is 14.6 Å². The van der Waals surface area contributed by atoms with E-state index in [0.717, 1.165) is 12.8 Å². The van der Waals surface area contributed by atoms with Crippen molar-refractivity contribution in [3.8, 4) is 0 Å². The molecule has 0 aliphatic heterocycles. The predicted molar refractivity (Wildman–Crippen MR) is 43.9 cm³/mol. The zero-order valence-corrected chi connectivity index (χ0v) is 7.58. The lowest BCUT2D eigenvalue weighted by Gasteiger charge is -2.12. The molecule has 4 heteroatoms. The monoisotopic (exact) mass is 176 g/mol. The van der Waals surface area contributed by atoms with Gasteiger partial charge in [-0.15, -0.1) is 0 Å². The van der Waals surface area contributed by atoms with Crippen LogP contribution in [0.25, 0.3) is 0 Å². The molecule has 0 aromatic rings. The summed E-state index contributed by atoms with van der Waals surface area (Å²) < 4.78 is 9.87. The third-order valence-corrected chi connectivity index (χ3v) is 1.15. The number of rotatable bonds is 7. The molecule has 0 bridgehead atoms. The Morgan fingerprint density at radius 3 is 1.92 bits per heavy atom. The van der Waals surface area contributed by atoms with Crippen LogP contribution in [0.4, 0.5) is 0 Å². The summed E-state index contributed by atoms with van der Waals surface area (Å²) in [7, 11) is 0. The van der Waals surface area contributed by atoms with Gasteiger partial charge in [-0.2, -0.15) is 0 Å². The lowest BCUT2D eigenvalue weighted by atomic mass is 10.5. The Bertz CT molecular complexity index is 116. The predicted octanol–water partition coefficient (Wildman–Crippen LogP) is 1.25. The van der Waals surface area contributed by atoms with Gasteiger partial charge in [0.05, 0.1) is 13.2 Å². The van der Waals surface area contributed by atoms with E-state index in [0.29, 0.717) is 13.2 Å². The summed E-state index contributed by atoms with van der Waals surface area (Å²) in [6, 6.07) is 0. The number of carboxylic acids is 1. The Morgan fingerprint density at radius 2 is 1.67 bits per heavy atom. The Kier molecular flexibility index (Phi) is 6.70. The van der Waals surface area contributed by atoms with Gasteiger partial charge in [-0.25, -0.2) is 4.79 Å². The molecule has 0 aliphatic rings. The van der Waals surface area contributed by atoms with E-state index in [9.17, 15) is 4.79 Å². The summed E-state index contributed by atoms with van der Waals surface area (Å²) >= 11 is 0. The molecule has 0 amide bonds. The van der Waals surface area contributed by atoms with Crippen LogP contribution >= 0.6 is 0 Å². The summed E-state index contributed by atoms with van der Waals surface area (Å²) in [5.41, 5.74) is 0. The van der Waals surface area contributed by atoms with Crippen molar-refractivity contribution in [1.29, 1.82) is 0 Å². The van der Waals surface area contributed by atoms with Crippen LogP contribution in [0.1, 0.15) is 26.7 Å². The van der Waals surface area contributed by atoms with Crippen molar-refractivity contribution in [1.82, 2.24) is 0 Å². The fraction of sp³-hybridized carbons (Fsp3) is 0.875. The maximum absolute atomic E-state index is 10.5. The molecule has 0 saturated carbocycles. The average Bonchev–Trinajstić information content (AvgIpc) is 2.04. The normalized spacial score (nSPS) is 10.6. The molecule has 4 nitrogen and oxygen atoms in total. The quantitative estimate of drug-likeness (QED) is 0.593. The van der Waals surface area contributed by atoms with Gasteiger partial charge in [-0.05, 0) is 12.8 Å². The zero-order valence-electron chi connectivity index (χ0n) is 7.58. The topological polar surface area (TPSA) is 55.8 Å². The third-order valence-electron chi connectivity index (χ3n) is 1.15. The molecular formula is C8H16O4. The van der Waals surface area contributed by atoms with Crippen molar-refractivity contribution >= 4 is 5.97 Å². The SMILES string of the molecule is CCCOC(OCCC)C(=O)O. The molecule has 0 rings (SSSR count). The van der Waals surface area contributed by atoms with Crippen LogP contribution in [0.2, 0.25) is 0 Å². The van der Waals surface area contributed by atoms with Crippen LogP contribution in [0.3, 0.4) is 0 Å². The van der Waals surface area contributed by atoms with Crippen LogP contribution < -0.4 is 0 Å². The summed E-state index contributed by atoms with van der Waals surface area (Å²) in [6.45, 7) is 4.67. The van der Waals surface area contributed by atoms with Gasteiger partial charge in [0.1, 0.15) is 0 Å². The summed E-state index contributed by atoms with van der Waals surface area (Å²) in [6.07, 6.45) is 0.489. The minimum Gasteiger partial charge on any atom is -0.477 e. The average molecular weight is 176 g/mol. The van der Waals surface area contributed by atoms with Gasteiger partial charge in [0.2, 0.25) is 0 Å². The fourth-order valence-electron chi connectivity index (χ4n) is 0.640. The van der Waals surface area contributed by atoms with Gasteiger partial charge in [-0.1, -0.05) is 13.8 Å². The maximum atomic E-state index is 10.5. The van der Waals surface area contributed by atoms with Gasteiger partial charge in [-0.3, -0.25) is 0 Å². The van der Waals surface area contributed by atoms with Crippen molar-refractivity contribution in [2.75, 3.05) is 13.2 Å². The minimum atomic E-state index is -1.09. The molecule has 0 spiro atoms. The van der Waals surface area contributed by atoms with Crippen molar-refractivity contribution in [2.45, 2.75) is 33.0 Å². The number of carbonyl (C=O) groups is 1. The van der Waals surface area contributed by atoms with E-state index in [4.69, 9.17) is 14.6 Å². The molecule has 0 aromatic carbocycles. The molecule has 0 radical (unpaired) electrons. The molecule has 0 heterocycles. The van der Waals surface area contributed by atoms with Crippen LogP contribution in [0.15, 0.2) is 0 Å². The summed E-state index contributed by atoms with van der Waals surface area (Å²) in [4.78, 5) is 10.5. The Balaban J connectivity index is 3.62. The first-order valence-corrected chi connectivity index (χ1v) is 4.18. The first kappa shape index (κ1) is 11.4. The van der Waals surface area contributed by atoms with E-state index in [1.807, 2.05) is 13.8 Å². The smallest absolute Gasteiger partial charge is 0.361 e. The van der Waals surface area contributed by atoms with E-state index in [1.165, 1.54) is 0 Å². The Labute approximate surface area is 72.5 Å². The van der Waals surface area contributed by atoms with Crippen molar-refractivity contribution < 1.29 is 19.4 Å². The third kappa shape index (κ3) is 5.09. The van der Waals surface area contributed by atoms with Gasteiger partial charge in [0.25, 0.3) is 6.29 Å². The Hall–Kier alpha value is -0.610. The largest absolute Gasteiger partial charge is 0.477 e. The van der Waals surface area contributed by atoms with Crippen molar-refractivity contribution in [3.63, 3.8) is 0 Å². The molecule has 0 atom stereocenters. The van der Waals surface area contributed by atoms with E-state index in [1.54, 1.807) is 0 Å². The first-order chi connectivity index (χ1) is 5.72. The highest BCUT2D eigenvalue weighted by molar-refractivity contribution is 5.70. The summed E-state index contributed by atoms with van der Waals surface area (Å²) in [5, 5.41) is 8.58. The van der Waals surface area contributed by atoms with Crippen molar-refractivity contribution in [2.24, 2.45) is 0 Å². The molecular weight excluding hydrogens is 160 g/mol. The van der Waals surface area contributed by atoms with E-state index in [-0.39, 0.29) is 0 Å². The highest BCUT2D eigenvalue weighted by Crippen LogP contribution is 1.97. The molecule has 12 heavy (non-hydrogen) atoms.